The summed E-state index contributed by atoms with van der Waals surface area (Å²) in [7, 11) is -1.37. The molecule has 2 aliphatic carbocycles. The Bertz CT molecular complexity index is 462. The molecule has 20 heavy (non-hydrogen) atoms. The summed E-state index contributed by atoms with van der Waals surface area (Å²) in [6, 6.07) is -0.175. The lowest BCUT2D eigenvalue weighted by Gasteiger charge is -2.39. The van der Waals surface area contributed by atoms with E-state index in [9.17, 15) is 13.2 Å². The Hall–Kier alpha value is -0.330. The van der Waals surface area contributed by atoms with Gasteiger partial charge in [0.15, 0.2) is 9.84 Å². The Morgan fingerprint density at radius 1 is 1.30 bits per heavy atom. The molecule has 7 heteroatoms. The highest BCUT2D eigenvalue weighted by atomic mass is 35.5. The van der Waals surface area contributed by atoms with Gasteiger partial charge in [-0.2, -0.15) is 0 Å². The van der Waals surface area contributed by atoms with Crippen molar-refractivity contribution in [1.29, 1.82) is 0 Å². The molecule has 0 heterocycles. The maximum absolute atomic E-state index is 12.3. The van der Waals surface area contributed by atoms with Crippen LogP contribution < -0.4 is 5.73 Å². The van der Waals surface area contributed by atoms with E-state index in [-0.39, 0.29) is 29.9 Å². The van der Waals surface area contributed by atoms with E-state index in [1.807, 2.05) is 0 Å². The van der Waals surface area contributed by atoms with Gasteiger partial charge in [-0.05, 0) is 38.5 Å². The second-order valence-corrected chi connectivity index (χ2v) is 8.53. The molecule has 2 fully saturated rings. The van der Waals surface area contributed by atoms with Crippen LogP contribution in [-0.4, -0.2) is 49.4 Å². The normalized spacial score (nSPS) is 28.4. The van der Waals surface area contributed by atoms with Crippen molar-refractivity contribution < 1.29 is 13.2 Å². The maximum atomic E-state index is 12.3. The van der Waals surface area contributed by atoms with E-state index in [1.54, 1.807) is 11.9 Å². The first kappa shape index (κ1) is 17.7. The fourth-order valence-corrected chi connectivity index (χ4v) is 4.75. The summed E-state index contributed by atoms with van der Waals surface area (Å²) in [5.41, 5.74) is 5.75. The minimum absolute atomic E-state index is 0. The monoisotopic (exact) mass is 324 g/mol. The fraction of sp³-hybridized carbons (Fsp3) is 0.923. The highest BCUT2D eigenvalue weighted by molar-refractivity contribution is 7.91. The number of nitrogens with two attached hydrogens (primary N) is 1. The largest absolute Gasteiger partial charge is 0.341 e. The van der Waals surface area contributed by atoms with Crippen LogP contribution in [0.2, 0.25) is 0 Å². The third-order valence-electron chi connectivity index (χ3n) is 4.71. The van der Waals surface area contributed by atoms with Crippen molar-refractivity contribution in [2.45, 2.75) is 61.8 Å². The number of nitrogens with zero attached hydrogens (tertiary/aromatic N) is 1. The van der Waals surface area contributed by atoms with Gasteiger partial charge in [0.2, 0.25) is 5.91 Å². The predicted molar refractivity (Wildman–Crippen MR) is 81.7 cm³/mol. The van der Waals surface area contributed by atoms with E-state index < -0.39 is 15.1 Å². The van der Waals surface area contributed by atoms with Gasteiger partial charge in [0.1, 0.15) is 0 Å². The molecule has 1 amide bonds. The maximum Gasteiger partial charge on any atom is 0.224 e. The van der Waals surface area contributed by atoms with Crippen LogP contribution in [0, 0.1) is 0 Å². The minimum Gasteiger partial charge on any atom is -0.341 e. The number of sulfone groups is 1. The first-order valence-corrected chi connectivity index (χ1v) is 8.92. The zero-order valence-electron chi connectivity index (χ0n) is 12.2. The van der Waals surface area contributed by atoms with Gasteiger partial charge in [-0.25, -0.2) is 8.42 Å². The van der Waals surface area contributed by atoms with Gasteiger partial charge >= 0.3 is 0 Å². The summed E-state index contributed by atoms with van der Waals surface area (Å²) < 4.78 is 23.5. The molecule has 0 aromatic carbocycles. The van der Waals surface area contributed by atoms with Gasteiger partial charge in [-0.15, -0.1) is 12.4 Å². The number of carbonyl (C=O) groups is 1. The molecule has 5 nitrogen and oxygen atoms in total. The summed E-state index contributed by atoms with van der Waals surface area (Å²) >= 11 is 0. The Labute approximate surface area is 127 Å². The van der Waals surface area contributed by atoms with Crippen LogP contribution in [0.25, 0.3) is 0 Å². The van der Waals surface area contributed by atoms with Crippen LogP contribution in [0.15, 0.2) is 0 Å². The number of amides is 1. The van der Waals surface area contributed by atoms with E-state index in [4.69, 9.17) is 5.73 Å². The van der Waals surface area contributed by atoms with Crippen LogP contribution in [0.3, 0.4) is 0 Å². The van der Waals surface area contributed by atoms with Gasteiger partial charge in [-0.1, -0.05) is 0 Å². The topological polar surface area (TPSA) is 80.5 Å². The van der Waals surface area contributed by atoms with Crippen LogP contribution in [0.5, 0.6) is 0 Å². The highest BCUT2D eigenvalue weighted by Gasteiger charge is 2.41. The molecule has 118 valence electrons. The van der Waals surface area contributed by atoms with E-state index in [2.05, 4.69) is 0 Å². The number of carbonyl (C=O) groups excluding carboxylic acids is 1. The van der Waals surface area contributed by atoms with E-state index in [0.29, 0.717) is 12.8 Å². The van der Waals surface area contributed by atoms with Crippen LogP contribution in [0.1, 0.15) is 44.9 Å². The SMILES string of the molecule is CN(C(=O)CC1(N)CCC1)C1CCCC1S(C)(=O)=O.Cl. The summed E-state index contributed by atoms with van der Waals surface area (Å²) in [5, 5.41) is -0.406. The number of rotatable bonds is 4. The molecule has 0 aromatic rings. The first-order chi connectivity index (χ1) is 8.73. The van der Waals surface area contributed by atoms with Crippen LogP contribution in [0.4, 0.5) is 0 Å². The summed E-state index contributed by atoms with van der Waals surface area (Å²) in [6.07, 6.45) is 6.80. The molecule has 2 rings (SSSR count). The van der Waals surface area contributed by atoms with Gasteiger partial charge in [0.05, 0.1) is 5.25 Å². The average molecular weight is 325 g/mol. The lowest BCUT2D eigenvalue weighted by molar-refractivity contribution is -0.133. The Morgan fingerprint density at radius 3 is 2.35 bits per heavy atom. The zero-order valence-corrected chi connectivity index (χ0v) is 13.8. The summed E-state index contributed by atoms with van der Waals surface area (Å²) in [6.45, 7) is 0. The second kappa shape index (κ2) is 6.20. The molecule has 2 aliphatic rings. The summed E-state index contributed by atoms with van der Waals surface area (Å²) in [4.78, 5) is 13.9. The Balaban J connectivity index is 0.00000200. The van der Waals surface area contributed by atoms with Crippen molar-refractivity contribution in [3.05, 3.63) is 0 Å². The quantitative estimate of drug-likeness (QED) is 0.839. The molecule has 0 bridgehead atoms. The van der Waals surface area contributed by atoms with Gasteiger partial charge < -0.3 is 10.6 Å². The number of hydrogen-bond donors (Lipinski definition) is 1. The first-order valence-electron chi connectivity index (χ1n) is 6.96. The third-order valence-corrected chi connectivity index (χ3v) is 6.36. The third kappa shape index (κ3) is 3.65. The van der Waals surface area contributed by atoms with Crippen molar-refractivity contribution in [3.63, 3.8) is 0 Å². The Morgan fingerprint density at radius 2 is 1.90 bits per heavy atom. The smallest absolute Gasteiger partial charge is 0.224 e. The summed E-state index contributed by atoms with van der Waals surface area (Å²) in [5.74, 6) is -0.0113. The molecule has 0 aliphatic heterocycles. The molecule has 2 atom stereocenters. The zero-order chi connectivity index (χ0) is 14.3. The highest BCUT2D eigenvalue weighted by Crippen LogP contribution is 2.34. The molecule has 0 spiro atoms. The van der Waals surface area contributed by atoms with E-state index >= 15 is 0 Å². The van der Waals surface area contributed by atoms with Gasteiger partial charge in [0.25, 0.3) is 0 Å². The molecule has 0 aromatic heterocycles. The van der Waals surface area contributed by atoms with Gasteiger partial charge in [0, 0.05) is 31.3 Å². The lowest BCUT2D eigenvalue weighted by atomic mass is 9.75. The number of halogens is 1. The number of hydrogen-bond acceptors (Lipinski definition) is 4. The van der Waals surface area contributed by atoms with Crippen molar-refractivity contribution in [2.75, 3.05) is 13.3 Å². The minimum atomic E-state index is -3.09. The molecular formula is C13H25ClN2O3S. The fourth-order valence-electron chi connectivity index (χ4n) is 3.27. The Kier molecular flexibility index (Phi) is 5.49. The molecule has 0 saturated heterocycles. The second-order valence-electron chi connectivity index (χ2n) is 6.26. The molecule has 0 radical (unpaired) electrons. The van der Waals surface area contributed by atoms with E-state index in [1.165, 1.54) is 6.26 Å². The van der Waals surface area contributed by atoms with Crippen molar-refractivity contribution in [1.82, 2.24) is 4.90 Å². The lowest BCUT2D eigenvalue weighted by Crippen LogP contribution is -2.52. The standard InChI is InChI=1S/C13H24N2O3S.ClH/c1-15(12(16)9-13(14)7-4-8-13)10-5-3-6-11(10)19(2,17)18;/h10-11H,3-9,14H2,1-2H3;1H. The van der Waals surface area contributed by atoms with Crippen molar-refractivity contribution in [3.8, 4) is 0 Å². The molecule has 2 unspecified atom stereocenters. The van der Waals surface area contributed by atoms with Crippen molar-refractivity contribution >= 4 is 28.2 Å². The van der Waals surface area contributed by atoms with Crippen LogP contribution in [-0.2, 0) is 14.6 Å². The predicted octanol–water partition coefficient (Wildman–Crippen LogP) is 1.10. The van der Waals surface area contributed by atoms with E-state index in [0.717, 1.165) is 32.1 Å². The van der Waals surface area contributed by atoms with Crippen LogP contribution >= 0.6 is 12.4 Å². The molecular weight excluding hydrogens is 300 g/mol. The van der Waals surface area contributed by atoms with Crippen molar-refractivity contribution in [2.24, 2.45) is 5.73 Å². The van der Waals surface area contributed by atoms with Gasteiger partial charge in [-0.3, -0.25) is 4.79 Å². The molecule has 2 N–H and O–H groups in total. The average Bonchev–Trinajstić information content (AvgIpc) is 2.74. The molecule has 2 saturated carbocycles.